The number of hydrogen-bond acceptors (Lipinski definition) is 4. The summed E-state index contributed by atoms with van der Waals surface area (Å²) >= 11 is 0. The molecule has 1 aliphatic carbocycles. The molecule has 0 aliphatic heterocycles. The largest absolute Gasteiger partial charge is 0.396 e. The molecular weight excluding hydrogens is 250 g/mol. The van der Waals surface area contributed by atoms with E-state index in [2.05, 4.69) is 17.5 Å². The summed E-state index contributed by atoms with van der Waals surface area (Å²) in [5, 5.41) is 8.38. The summed E-state index contributed by atoms with van der Waals surface area (Å²) in [5.41, 5.74) is 6.66. The van der Waals surface area contributed by atoms with Crippen molar-refractivity contribution in [2.45, 2.75) is 30.2 Å². The molecule has 0 amide bonds. The molecule has 0 saturated heterocycles. The molecule has 1 aliphatic rings. The summed E-state index contributed by atoms with van der Waals surface area (Å²) < 4.78 is 22.7. The van der Waals surface area contributed by atoms with Gasteiger partial charge in [0, 0.05) is 6.04 Å². The number of rotatable bonds is 3. The zero-order valence-electron chi connectivity index (χ0n) is 9.96. The van der Waals surface area contributed by atoms with Crippen LogP contribution in [0.3, 0.4) is 0 Å². The summed E-state index contributed by atoms with van der Waals surface area (Å²) in [4.78, 5) is -0.0288. The summed E-state index contributed by atoms with van der Waals surface area (Å²) in [7, 11) is -3.78. The van der Waals surface area contributed by atoms with Crippen LogP contribution >= 0.6 is 0 Å². The van der Waals surface area contributed by atoms with Gasteiger partial charge in [-0.3, -0.25) is 0 Å². The summed E-state index contributed by atoms with van der Waals surface area (Å²) in [6, 6.07) is 5.10. The van der Waals surface area contributed by atoms with Gasteiger partial charge >= 0.3 is 0 Å². The van der Waals surface area contributed by atoms with E-state index in [4.69, 9.17) is 10.9 Å². The lowest BCUT2D eigenvalue weighted by molar-refractivity contribution is 0.598. The smallest absolute Gasteiger partial charge is 0.240 e. The van der Waals surface area contributed by atoms with Gasteiger partial charge in [-0.1, -0.05) is 18.2 Å². The number of para-hydroxylation sites is 1. The second-order valence-corrected chi connectivity index (χ2v) is 5.92. The second-order valence-electron chi connectivity index (χ2n) is 4.39. The summed E-state index contributed by atoms with van der Waals surface area (Å²) in [6.45, 7) is 0. The SMILES string of the molecule is Nc1c(NC2CC=CCC2)cccc1S(N)(=O)=O. The highest BCUT2D eigenvalue weighted by Crippen LogP contribution is 2.27. The molecule has 0 fully saturated rings. The number of nitrogen functional groups attached to an aromatic ring is 1. The molecule has 0 radical (unpaired) electrons. The third-order valence-electron chi connectivity index (χ3n) is 3.00. The lowest BCUT2D eigenvalue weighted by Crippen LogP contribution is -2.22. The number of hydrogen-bond donors (Lipinski definition) is 3. The van der Waals surface area contributed by atoms with Crippen molar-refractivity contribution in [3.05, 3.63) is 30.4 Å². The second kappa shape index (κ2) is 4.99. The fourth-order valence-corrected chi connectivity index (χ4v) is 2.75. The number of allylic oxidation sites excluding steroid dienone is 1. The zero-order valence-corrected chi connectivity index (χ0v) is 10.8. The van der Waals surface area contributed by atoms with E-state index in [9.17, 15) is 8.42 Å². The monoisotopic (exact) mass is 267 g/mol. The van der Waals surface area contributed by atoms with Crippen LogP contribution in [0.4, 0.5) is 11.4 Å². The van der Waals surface area contributed by atoms with Crippen molar-refractivity contribution in [3.8, 4) is 0 Å². The van der Waals surface area contributed by atoms with Crippen LogP contribution < -0.4 is 16.2 Å². The van der Waals surface area contributed by atoms with E-state index < -0.39 is 10.0 Å². The van der Waals surface area contributed by atoms with E-state index in [1.807, 2.05) is 0 Å². The van der Waals surface area contributed by atoms with Gasteiger partial charge in [0.1, 0.15) is 4.90 Å². The Kier molecular flexibility index (Phi) is 3.58. The average Bonchev–Trinajstić information content (AvgIpc) is 2.32. The van der Waals surface area contributed by atoms with Crippen molar-refractivity contribution in [2.75, 3.05) is 11.1 Å². The van der Waals surface area contributed by atoms with E-state index in [-0.39, 0.29) is 16.6 Å². The molecule has 0 heterocycles. The first-order valence-corrected chi connectivity index (χ1v) is 7.36. The van der Waals surface area contributed by atoms with Crippen LogP contribution in [-0.4, -0.2) is 14.5 Å². The van der Waals surface area contributed by atoms with Crippen molar-refractivity contribution in [2.24, 2.45) is 5.14 Å². The standard InChI is InChI=1S/C12H17N3O2S/c13-12-10(15-9-5-2-1-3-6-9)7-4-8-11(12)18(14,16)17/h1-2,4,7-9,15H,3,5-6,13H2,(H2,14,16,17). The van der Waals surface area contributed by atoms with Crippen LogP contribution in [0.1, 0.15) is 19.3 Å². The molecule has 0 saturated carbocycles. The number of nitrogens with one attached hydrogen (secondary N) is 1. The minimum absolute atomic E-state index is 0.0288. The first-order valence-electron chi connectivity index (χ1n) is 5.81. The Labute approximate surface area is 107 Å². The maximum Gasteiger partial charge on any atom is 0.240 e. The molecule has 1 atom stereocenters. The van der Waals surface area contributed by atoms with Crippen LogP contribution in [0.2, 0.25) is 0 Å². The molecule has 5 N–H and O–H groups in total. The Bertz CT molecular complexity index is 567. The molecule has 0 bridgehead atoms. The molecule has 6 heteroatoms. The molecule has 2 rings (SSSR count). The zero-order chi connectivity index (χ0) is 13.2. The number of nitrogens with two attached hydrogens (primary N) is 2. The van der Waals surface area contributed by atoms with Crippen LogP contribution in [0.25, 0.3) is 0 Å². The quantitative estimate of drug-likeness (QED) is 0.570. The Morgan fingerprint density at radius 1 is 1.28 bits per heavy atom. The summed E-state index contributed by atoms with van der Waals surface area (Å²) in [6.07, 6.45) is 7.20. The lowest BCUT2D eigenvalue weighted by Gasteiger charge is -2.22. The van der Waals surface area contributed by atoms with Crippen LogP contribution in [0, 0.1) is 0 Å². The molecule has 5 nitrogen and oxygen atoms in total. The van der Waals surface area contributed by atoms with Gasteiger partial charge in [0.15, 0.2) is 0 Å². The number of primary sulfonamides is 1. The Morgan fingerprint density at radius 2 is 2.06 bits per heavy atom. The van der Waals surface area contributed by atoms with Gasteiger partial charge in [-0.2, -0.15) is 0 Å². The van der Waals surface area contributed by atoms with Crippen molar-refractivity contribution in [1.82, 2.24) is 0 Å². The predicted molar refractivity (Wildman–Crippen MR) is 72.6 cm³/mol. The normalized spacial score (nSPS) is 19.7. The van der Waals surface area contributed by atoms with Crippen molar-refractivity contribution < 1.29 is 8.42 Å². The topological polar surface area (TPSA) is 98.2 Å². The van der Waals surface area contributed by atoms with Crippen LogP contribution in [-0.2, 0) is 10.0 Å². The predicted octanol–water partition coefficient (Wildman–Crippen LogP) is 1.44. The molecular formula is C12H17N3O2S. The summed E-state index contributed by atoms with van der Waals surface area (Å²) in [5.74, 6) is 0. The molecule has 98 valence electrons. The number of anilines is 2. The third-order valence-corrected chi connectivity index (χ3v) is 3.97. The van der Waals surface area contributed by atoms with Gasteiger partial charge in [-0.05, 0) is 31.4 Å². The van der Waals surface area contributed by atoms with Gasteiger partial charge in [0.2, 0.25) is 10.0 Å². The van der Waals surface area contributed by atoms with E-state index in [0.29, 0.717) is 5.69 Å². The van der Waals surface area contributed by atoms with Gasteiger partial charge in [0.25, 0.3) is 0 Å². The Hall–Kier alpha value is -1.53. The van der Waals surface area contributed by atoms with Crippen molar-refractivity contribution >= 4 is 21.4 Å². The fourth-order valence-electron chi connectivity index (χ4n) is 2.06. The van der Waals surface area contributed by atoms with Crippen molar-refractivity contribution in [3.63, 3.8) is 0 Å². The average molecular weight is 267 g/mol. The Morgan fingerprint density at radius 3 is 2.67 bits per heavy atom. The van der Waals surface area contributed by atoms with Gasteiger partial charge in [0.05, 0.1) is 11.4 Å². The van der Waals surface area contributed by atoms with Crippen LogP contribution in [0.15, 0.2) is 35.2 Å². The molecule has 1 aromatic rings. The van der Waals surface area contributed by atoms with Gasteiger partial charge in [-0.15, -0.1) is 0 Å². The molecule has 1 unspecified atom stereocenters. The first kappa shape index (κ1) is 12.9. The van der Waals surface area contributed by atoms with E-state index >= 15 is 0 Å². The van der Waals surface area contributed by atoms with E-state index in [1.54, 1.807) is 12.1 Å². The van der Waals surface area contributed by atoms with Gasteiger partial charge in [-0.25, -0.2) is 13.6 Å². The third kappa shape index (κ3) is 2.83. The Balaban J connectivity index is 2.26. The fraction of sp³-hybridized carbons (Fsp3) is 0.333. The minimum atomic E-state index is -3.78. The van der Waals surface area contributed by atoms with Crippen molar-refractivity contribution in [1.29, 1.82) is 0 Å². The minimum Gasteiger partial charge on any atom is -0.396 e. The van der Waals surface area contributed by atoms with Gasteiger partial charge < -0.3 is 11.1 Å². The van der Waals surface area contributed by atoms with E-state index in [0.717, 1.165) is 19.3 Å². The maximum atomic E-state index is 11.4. The molecule has 18 heavy (non-hydrogen) atoms. The van der Waals surface area contributed by atoms with E-state index in [1.165, 1.54) is 6.07 Å². The highest BCUT2D eigenvalue weighted by molar-refractivity contribution is 7.89. The molecule has 0 aromatic heterocycles. The molecule has 1 aromatic carbocycles. The molecule has 0 spiro atoms. The first-order chi connectivity index (χ1) is 8.48. The maximum absolute atomic E-state index is 11.4. The number of sulfonamides is 1. The highest BCUT2D eigenvalue weighted by atomic mass is 32.2. The van der Waals surface area contributed by atoms with Crippen LogP contribution in [0.5, 0.6) is 0 Å². The highest BCUT2D eigenvalue weighted by Gasteiger charge is 2.17. The number of benzene rings is 1. The lowest BCUT2D eigenvalue weighted by atomic mass is 10.0.